The van der Waals surface area contributed by atoms with Crippen LogP contribution >= 0.6 is 27.5 Å². The van der Waals surface area contributed by atoms with Crippen molar-refractivity contribution in [3.63, 3.8) is 0 Å². The third-order valence-electron chi connectivity index (χ3n) is 3.22. The Morgan fingerprint density at radius 1 is 1.08 bits per heavy atom. The predicted molar refractivity (Wildman–Crippen MR) is 98.4 cm³/mol. The molecule has 1 aromatic heterocycles. The summed E-state index contributed by atoms with van der Waals surface area (Å²) in [6.45, 7) is 0. The van der Waals surface area contributed by atoms with Crippen molar-refractivity contribution in [1.82, 2.24) is 5.43 Å². The van der Waals surface area contributed by atoms with Crippen molar-refractivity contribution in [3.05, 3.63) is 81.5 Å². The van der Waals surface area contributed by atoms with E-state index < -0.39 is 5.91 Å². The highest BCUT2D eigenvalue weighted by atomic mass is 79.9. The van der Waals surface area contributed by atoms with Crippen LogP contribution in [0.15, 0.2) is 74.7 Å². The summed E-state index contributed by atoms with van der Waals surface area (Å²) >= 11 is 9.48. The van der Waals surface area contributed by atoms with Crippen LogP contribution in [-0.2, 0) is 0 Å². The van der Waals surface area contributed by atoms with Crippen molar-refractivity contribution in [1.29, 1.82) is 0 Å². The number of carbonyl (C=O) groups excluding carboxylic acids is 1. The van der Waals surface area contributed by atoms with Gasteiger partial charge in [0, 0.05) is 10.0 Å². The third kappa shape index (κ3) is 3.93. The molecule has 0 aliphatic carbocycles. The van der Waals surface area contributed by atoms with Gasteiger partial charge in [-0.1, -0.05) is 51.8 Å². The fourth-order valence-electron chi connectivity index (χ4n) is 2.04. The Morgan fingerprint density at radius 3 is 2.58 bits per heavy atom. The highest BCUT2D eigenvalue weighted by Gasteiger charge is 2.13. The molecule has 1 heterocycles. The Balaban J connectivity index is 1.68. The number of hydrazone groups is 1. The standard InChI is InChI=1S/C18H12BrClN2O2/c19-13-7-5-12(6-8-13)11-21-22-18(23)17-10-9-16(24-17)14-3-1-2-4-15(14)20/h1-11H,(H,22,23)/b21-11+. The van der Waals surface area contributed by atoms with Crippen LogP contribution in [-0.4, -0.2) is 12.1 Å². The molecule has 0 bridgehead atoms. The van der Waals surface area contributed by atoms with Crippen LogP contribution in [0.5, 0.6) is 0 Å². The molecular weight excluding hydrogens is 392 g/mol. The molecule has 3 rings (SSSR count). The largest absolute Gasteiger partial charge is 0.451 e. The number of benzene rings is 2. The van der Waals surface area contributed by atoms with E-state index in [1.807, 2.05) is 42.5 Å². The smallest absolute Gasteiger partial charge is 0.307 e. The number of carbonyl (C=O) groups is 1. The number of nitrogens with zero attached hydrogens (tertiary/aromatic N) is 1. The zero-order valence-electron chi connectivity index (χ0n) is 12.4. The number of nitrogens with one attached hydrogen (secondary N) is 1. The van der Waals surface area contributed by atoms with Gasteiger partial charge in [0.05, 0.1) is 11.2 Å². The molecular formula is C18H12BrClN2O2. The van der Waals surface area contributed by atoms with Crippen molar-refractivity contribution < 1.29 is 9.21 Å². The third-order valence-corrected chi connectivity index (χ3v) is 4.08. The zero-order valence-corrected chi connectivity index (χ0v) is 14.7. The van der Waals surface area contributed by atoms with E-state index in [0.29, 0.717) is 10.8 Å². The van der Waals surface area contributed by atoms with Gasteiger partial charge >= 0.3 is 5.91 Å². The summed E-state index contributed by atoms with van der Waals surface area (Å²) in [6.07, 6.45) is 1.56. The summed E-state index contributed by atoms with van der Waals surface area (Å²) in [5.74, 6) is 0.266. The monoisotopic (exact) mass is 402 g/mol. The van der Waals surface area contributed by atoms with Crippen LogP contribution in [0.1, 0.15) is 16.1 Å². The lowest BCUT2D eigenvalue weighted by Gasteiger charge is -2.00. The van der Waals surface area contributed by atoms with Crippen LogP contribution < -0.4 is 5.43 Å². The van der Waals surface area contributed by atoms with E-state index in [2.05, 4.69) is 26.5 Å². The highest BCUT2D eigenvalue weighted by molar-refractivity contribution is 9.10. The maximum atomic E-state index is 12.1. The van der Waals surface area contributed by atoms with Crippen LogP contribution in [0.25, 0.3) is 11.3 Å². The van der Waals surface area contributed by atoms with Crippen molar-refractivity contribution in [2.45, 2.75) is 0 Å². The Labute approximate surface area is 152 Å². The summed E-state index contributed by atoms with van der Waals surface area (Å²) in [6, 6.07) is 18.1. The van der Waals surface area contributed by atoms with Crippen molar-refractivity contribution in [3.8, 4) is 11.3 Å². The molecule has 6 heteroatoms. The minimum atomic E-state index is -0.429. The second kappa shape index (κ2) is 7.47. The molecule has 2 aromatic carbocycles. The van der Waals surface area contributed by atoms with Crippen molar-refractivity contribution >= 4 is 39.7 Å². The quantitative estimate of drug-likeness (QED) is 0.485. The molecule has 1 amide bonds. The SMILES string of the molecule is O=C(N/N=C/c1ccc(Br)cc1)c1ccc(-c2ccccc2Cl)o1. The van der Waals surface area contributed by atoms with Gasteiger partial charge in [0.1, 0.15) is 5.76 Å². The molecule has 0 aliphatic rings. The minimum Gasteiger partial charge on any atom is -0.451 e. The molecule has 120 valence electrons. The normalized spacial score (nSPS) is 10.9. The number of furan rings is 1. The van der Waals surface area contributed by atoms with Crippen LogP contribution in [0.4, 0.5) is 0 Å². The summed E-state index contributed by atoms with van der Waals surface area (Å²) in [5, 5.41) is 4.48. The van der Waals surface area contributed by atoms with E-state index in [1.54, 1.807) is 24.4 Å². The maximum absolute atomic E-state index is 12.1. The van der Waals surface area contributed by atoms with Crippen LogP contribution in [0.2, 0.25) is 5.02 Å². The average Bonchev–Trinajstić information content (AvgIpc) is 3.07. The predicted octanol–water partition coefficient (Wildman–Crippen LogP) is 5.13. The van der Waals surface area contributed by atoms with E-state index in [0.717, 1.165) is 15.6 Å². The van der Waals surface area contributed by atoms with Gasteiger partial charge in [-0.3, -0.25) is 4.79 Å². The second-order valence-corrected chi connectivity index (χ2v) is 6.22. The molecule has 0 saturated heterocycles. The lowest BCUT2D eigenvalue weighted by atomic mass is 10.2. The zero-order chi connectivity index (χ0) is 16.9. The lowest BCUT2D eigenvalue weighted by Crippen LogP contribution is -2.16. The summed E-state index contributed by atoms with van der Waals surface area (Å²) in [7, 11) is 0. The first kappa shape index (κ1) is 16.5. The van der Waals surface area contributed by atoms with Gasteiger partial charge in [0.15, 0.2) is 5.76 Å². The number of rotatable bonds is 4. The summed E-state index contributed by atoms with van der Waals surface area (Å²) in [5.41, 5.74) is 4.04. The number of halogens is 2. The van der Waals surface area contributed by atoms with E-state index >= 15 is 0 Å². The van der Waals surface area contributed by atoms with Gasteiger partial charge in [-0.05, 0) is 42.0 Å². The second-order valence-electron chi connectivity index (χ2n) is 4.89. The van der Waals surface area contributed by atoms with Crippen LogP contribution in [0, 0.1) is 0 Å². The molecule has 24 heavy (non-hydrogen) atoms. The van der Waals surface area contributed by atoms with Crippen molar-refractivity contribution in [2.75, 3.05) is 0 Å². The first-order valence-corrected chi connectivity index (χ1v) is 8.24. The molecule has 0 atom stereocenters. The molecule has 0 saturated carbocycles. The fourth-order valence-corrected chi connectivity index (χ4v) is 2.53. The molecule has 0 spiro atoms. The van der Waals surface area contributed by atoms with Gasteiger partial charge < -0.3 is 4.42 Å². The van der Waals surface area contributed by atoms with E-state index in [-0.39, 0.29) is 5.76 Å². The topological polar surface area (TPSA) is 54.6 Å². The first-order valence-electron chi connectivity index (χ1n) is 7.07. The van der Waals surface area contributed by atoms with E-state index in [4.69, 9.17) is 16.0 Å². The summed E-state index contributed by atoms with van der Waals surface area (Å²) in [4.78, 5) is 12.1. The fraction of sp³-hybridized carbons (Fsp3) is 0. The van der Waals surface area contributed by atoms with E-state index in [9.17, 15) is 4.79 Å². The van der Waals surface area contributed by atoms with Crippen molar-refractivity contribution in [2.24, 2.45) is 5.10 Å². The Morgan fingerprint density at radius 2 is 1.83 bits per heavy atom. The van der Waals surface area contributed by atoms with E-state index in [1.165, 1.54) is 0 Å². The molecule has 3 aromatic rings. The number of amides is 1. The Kier molecular flexibility index (Phi) is 5.13. The van der Waals surface area contributed by atoms with Gasteiger partial charge in [-0.2, -0.15) is 5.10 Å². The molecule has 4 nitrogen and oxygen atoms in total. The molecule has 0 fully saturated rings. The van der Waals surface area contributed by atoms with Gasteiger partial charge in [-0.15, -0.1) is 0 Å². The molecule has 0 radical (unpaired) electrons. The molecule has 0 unspecified atom stereocenters. The van der Waals surface area contributed by atoms with Gasteiger partial charge in [0.25, 0.3) is 0 Å². The van der Waals surface area contributed by atoms with Gasteiger partial charge in [0.2, 0.25) is 0 Å². The lowest BCUT2D eigenvalue weighted by molar-refractivity contribution is 0.0928. The Bertz CT molecular complexity index is 888. The number of hydrogen-bond donors (Lipinski definition) is 1. The molecule has 1 N–H and O–H groups in total. The van der Waals surface area contributed by atoms with Crippen LogP contribution in [0.3, 0.4) is 0 Å². The summed E-state index contributed by atoms with van der Waals surface area (Å²) < 4.78 is 6.53. The first-order chi connectivity index (χ1) is 11.6. The minimum absolute atomic E-state index is 0.165. The Hall–Kier alpha value is -2.37. The average molecular weight is 404 g/mol. The van der Waals surface area contributed by atoms with Gasteiger partial charge in [-0.25, -0.2) is 5.43 Å². The number of hydrogen-bond acceptors (Lipinski definition) is 3. The maximum Gasteiger partial charge on any atom is 0.307 e. The highest BCUT2D eigenvalue weighted by Crippen LogP contribution is 2.28. The molecule has 0 aliphatic heterocycles.